The van der Waals surface area contributed by atoms with Crippen molar-refractivity contribution in [2.75, 3.05) is 5.32 Å². The van der Waals surface area contributed by atoms with Crippen LogP contribution in [0.5, 0.6) is 5.75 Å². The topological polar surface area (TPSA) is 84.8 Å². The molecule has 0 saturated carbocycles. The second kappa shape index (κ2) is 7.67. The van der Waals surface area contributed by atoms with Crippen molar-refractivity contribution in [3.05, 3.63) is 76.2 Å². The lowest BCUT2D eigenvalue weighted by molar-refractivity contribution is 0.129. The highest BCUT2D eigenvalue weighted by Crippen LogP contribution is 2.25. The van der Waals surface area contributed by atoms with Crippen LogP contribution in [0.2, 0.25) is 0 Å². The van der Waals surface area contributed by atoms with E-state index in [9.17, 15) is 4.79 Å². The summed E-state index contributed by atoms with van der Waals surface area (Å²) in [6.45, 7) is 8.54. The average molecular weight is 403 g/mol. The maximum absolute atomic E-state index is 12.5. The molecule has 154 valence electrons. The highest BCUT2D eigenvalue weighted by molar-refractivity contribution is 5.76. The molecule has 2 N–H and O–H groups in total. The van der Waals surface area contributed by atoms with Gasteiger partial charge in [-0.3, -0.25) is 9.78 Å². The Morgan fingerprint density at radius 1 is 1.13 bits per heavy atom. The molecule has 0 spiro atoms. The largest absolute Gasteiger partial charge is 0.488 e. The summed E-state index contributed by atoms with van der Waals surface area (Å²) in [6, 6.07) is 15.7. The number of hydrogen-bond acceptors (Lipinski definition) is 5. The minimum Gasteiger partial charge on any atom is -0.488 e. The van der Waals surface area contributed by atoms with Gasteiger partial charge in [0.05, 0.1) is 11.9 Å². The number of rotatable bonds is 5. The molecule has 0 saturated heterocycles. The minimum atomic E-state index is -0.309. The summed E-state index contributed by atoms with van der Waals surface area (Å²) < 4.78 is 7.78. The monoisotopic (exact) mass is 403 g/mol. The fourth-order valence-electron chi connectivity index (χ4n) is 3.17. The van der Waals surface area contributed by atoms with Gasteiger partial charge in [0.1, 0.15) is 16.7 Å². The zero-order chi connectivity index (χ0) is 21.3. The number of aromatic amines is 1. The van der Waals surface area contributed by atoms with E-state index in [1.165, 1.54) is 6.20 Å². The van der Waals surface area contributed by atoms with Crippen molar-refractivity contribution < 1.29 is 4.74 Å². The maximum Gasteiger partial charge on any atom is 0.263 e. The summed E-state index contributed by atoms with van der Waals surface area (Å²) in [4.78, 5) is 19.9. The first-order valence-electron chi connectivity index (χ1n) is 9.86. The molecule has 0 fully saturated rings. The van der Waals surface area contributed by atoms with Gasteiger partial charge in [-0.2, -0.15) is 10.1 Å². The van der Waals surface area contributed by atoms with Gasteiger partial charge in [-0.05, 0) is 51.5 Å². The fraction of sp³-hybridized carbons (Fsp3) is 0.261. The molecule has 4 rings (SSSR count). The summed E-state index contributed by atoms with van der Waals surface area (Å²) in [5.41, 5.74) is 2.90. The van der Waals surface area contributed by atoms with Crippen LogP contribution < -0.4 is 15.6 Å². The predicted octanol–water partition coefficient (Wildman–Crippen LogP) is 4.21. The number of aromatic nitrogens is 4. The van der Waals surface area contributed by atoms with Gasteiger partial charge in [0.15, 0.2) is 5.65 Å². The van der Waals surface area contributed by atoms with Gasteiger partial charge in [0.25, 0.3) is 5.56 Å². The number of nitrogens with zero attached hydrogens (tertiary/aromatic N) is 3. The number of benzene rings is 2. The van der Waals surface area contributed by atoms with Crippen molar-refractivity contribution in [3.63, 3.8) is 0 Å². The molecule has 30 heavy (non-hydrogen) atoms. The van der Waals surface area contributed by atoms with Crippen molar-refractivity contribution in [2.45, 2.75) is 39.8 Å². The van der Waals surface area contributed by atoms with Gasteiger partial charge in [-0.1, -0.05) is 30.3 Å². The Bertz CT molecular complexity index is 1240. The van der Waals surface area contributed by atoms with Gasteiger partial charge < -0.3 is 10.1 Å². The van der Waals surface area contributed by atoms with E-state index in [1.807, 2.05) is 76.2 Å². The van der Waals surface area contributed by atoms with E-state index in [-0.39, 0.29) is 11.2 Å². The molecular formula is C23H25N5O2. The molecule has 7 heteroatoms. The van der Waals surface area contributed by atoms with E-state index in [1.54, 1.807) is 4.68 Å². The van der Waals surface area contributed by atoms with Gasteiger partial charge >= 0.3 is 0 Å². The highest BCUT2D eigenvalue weighted by atomic mass is 16.5. The first kappa shape index (κ1) is 19.7. The lowest BCUT2D eigenvalue weighted by Gasteiger charge is -2.24. The highest BCUT2D eigenvalue weighted by Gasteiger charge is 2.16. The van der Waals surface area contributed by atoms with E-state index in [0.29, 0.717) is 23.5 Å². The van der Waals surface area contributed by atoms with Crippen molar-refractivity contribution in [2.24, 2.45) is 0 Å². The zero-order valence-electron chi connectivity index (χ0n) is 17.6. The van der Waals surface area contributed by atoms with Crippen LogP contribution in [-0.2, 0) is 6.54 Å². The van der Waals surface area contributed by atoms with Crippen LogP contribution in [0.4, 0.5) is 5.95 Å². The molecule has 0 amide bonds. The number of fused-ring (bicyclic) bond motifs is 1. The van der Waals surface area contributed by atoms with E-state index in [0.717, 1.165) is 22.6 Å². The lowest BCUT2D eigenvalue weighted by atomic mass is 10.1. The Labute approximate surface area is 174 Å². The molecule has 0 aliphatic heterocycles. The van der Waals surface area contributed by atoms with E-state index in [4.69, 9.17) is 4.74 Å². The third-order valence-corrected chi connectivity index (χ3v) is 4.52. The smallest absolute Gasteiger partial charge is 0.263 e. The molecule has 2 heterocycles. The van der Waals surface area contributed by atoms with Crippen molar-refractivity contribution in [3.8, 4) is 11.4 Å². The van der Waals surface area contributed by atoms with Crippen molar-refractivity contribution >= 4 is 17.0 Å². The van der Waals surface area contributed by atoms with Gasteiger partial charge in [-0.15, -0.1) is 0 Å². The summed E-state index contributed by atoms with van der Waals surface area (Å²) in [5.74, 6) is 1.19. The van der Waals surface area contributed by atoms with Crippen LogP contribution in [0.1, 0.15) is 31.9 Å². The molecule has 7 nitrogen and oxygen atoms in total. The van der Waals surface area contributed by atoms with Crippen LogP contribution in [0.3, 0.4) is 0 Å². The van der Waals surface area contributed by atoms with Gasteiger partial charge in [0, 0.05) is 12.1 Å². The zero-order valence-corrected chi connectivity index (χ0v) is 17.6. The first-order valence-corrected chi connectivity index (χ1v) is 9.86. The summed E-state index contributed by atoms with van der Waals surface area (Å²) in [6.07, 6.45) is 1.53. The van der Waals surface area contributed by atoms with Crippen molar-refractivity contribution in [1.82, 2.24) is 19.7 Å². The molecule has 2 aromatic carbocycles. The number of anilines is 1. The number of H-pyrrole nitrogens is 1. The van der Waals surface area contributed by atoms with E-state index < -0.39 is 0 Å². The molecular weight excluding hydrogens is 378 g/mol. The third kappa shape index (κ3) is 4.20. The quantitative estimate of drug-likeness (QED) is 0.521. The van der Waals surface area contributed by atoms with Crippen LogP contribution >= 0.6 is 0 Å². The Balaban J connectivity index is 1.65. The van der Waals surface area contributed by atoms with Crippen LogP contribution in [0.15, 0.2) is 59.5 Å². The second-order valence-corrected chi connectivity index (χ2v) is 8.22. The third-order valence-electron chi connectivity index (χ3n) is 4.52. The van der Waals surface area contributed by atoms with Crippen LogP contribution in [-0.4, -0.2) is 25.3 Å². The van der Waals surface area contributed by atoms with Crippen molar-refractivity contribution in [1.29, 1.82) is 0 Å². The van der Waals surface area contributed by atoms with Crippen LogP contribution in [0, 0.1) is 6.92 Å². The van der Waals surface area contributed by atoms with E-state index >= 15 is 0 Å². The number of hydrogen-bond donors (Lipinski definition) is 2. The lowest BCUT2D eigenvalue weighted by Crippen LogP contribution is -2.24. The van der Waals surface area contributed by atoms with Gasteiger partial charge in [-0.25, -0.2) is 4.68 Å². The standard InChI is InChI=1S/C23H25N5O2/c1-15-10-11-16(19(12-15)30-23(2,3)4)13-24-22-26-20-18(21(29)27-22)14-25-28(20)17-8-6-5-7-9-17/h5-12,14H,13H2,1-4H3,(H2,24,26,27,29). The molecule has 0 bridgehead atoms. The SMILES string of the molecule is Cc1ccc(CNc2nc3c(cnn3-c3ccccc3)c(=O)[nH]2)c(OC(C)(C)C)c1. The Kier molecular flexibility index (Phi) is 5.03. The summed E-state index contributed by atoms with van der Waals surface area (Å²) >= 11 is 0. The molecule has 0 radical (unpaired) electrons. The number of ether oxygens (including phenoxy) is 1. The van der Waals surface area contributed by atoms with Gasteiger partial charge in [0.2, 0.25) is 5.95 Å². The molecule has 2 aromatic heterocycles. The molecule has 4 aromatic rings. The molecule has 0 unspecified atom stereocenters. The summed E-state index contributed by atoms with van der Waals surface area (Å²) in [7, 11) is 0. The maximum atomic E-state index is 12.5. The molecule has 0 aliphatic rings. The minimum absolute atomic E-state index is 0.236. The fourth-order valence-corrected chi connectivity index (χ4v) is 3.17. The Morgan fingerprint density at radius 2 is 1.90 bits per heavy atom. The number of nitrogens with one attached hydrogen (secondary N) is 2. The Hall–Kier alpha value is -3.61. The average Bonchev–Trinajstić information content (AvgIpc) is 3.11. The van der Waals surface area contributed by atoms with E-state index in [2.05, 4.69) is 20.4 Å². The predicted molar refractivity (Wildman–Crippen MR) is 118 cm³/mol. The number of aryl methyl sites for hydroxylation is 1. The first-order chi connectivity index (χ1) is 14.3. The number of para-hydroxylation sites is 1. The normalized spacial score (nSPS) is 11.6. The second-order valence-electron chi connectivity index (χ2n) is 8.22. The molecule has 0 aliphatic carbocycles. The Morgan fingerprint density at radius 3 is 2.63 bits per heavy atom. The summed E-state index contributed by atoms with van der Waals surface area (Å²) in [5, 5.41) is 8.00. The molecule has 0 atom stereocenters. The van der Waals surface area contributed by atoms with Crippen LogP contribution in [0.25, 0.3) is 16.7 Å².